The lowest BCUT2D eigenvalue weighted by atomic mass is 10.3. The Labute approximate surface area is 147 Å². The number of rotatable bonds is 5. The van der Waals surface area contributed by atoms with Crippen molar-refractivity contribution in [3.05, 3.63) is 84.9 Å². The first kappa shape index (κ1) is 16.6. The third kappa shape index (κ3) is 4.38. The molecule has 4 nitrogen and oxygen atoms in total. The Morgan fingerprint density at radius 1 is 0.840 bits per heavy atom. The zero-order valence-corrected chi connectivity index (χ0v) is 14.1. The summed E-state index contributed by atoms with van der Waals surface area (Å²) in [4.78, 5) is 14.2. The third-order valence-corrected chi connectivity index (χ3v) is 3.71. The summed E-state index contributed by atoms with van der Waals surface area (Å²) in [6, 6.07) is 26.3. The van der Waals surface area contributed by atoms with Crippen LogP contribution in [0.2, 0.25) is 0 Å². The number of anilines is 2. The van der Waals surface area contributed by atoms with Crippen molar-refractivity contribution >= 4 is 17.4 Å². The lowest BCUT2D eigenvalue weighted by Gasteiger charge is -2.21. The van der Waals surface area contributed by atoms with Gasteiger partial charge in [-0.05, 0) is 55.5 Å². The van der Waals surface area contributed by atoms with Crippen LogP contribution in [0.1, 0.15) is 6.92 Å². The van der Waals surface area contributed by atoms with Gasteiger partial charge in [-0.3, -0.25) is 4.90 Å². The van der Waals surface area contributed by atoms with Crippen LogP contribution in [0, 0.1) is 0 Å². The average Bonchev–Trinajstić information content (AvgIpc) is 2.66. The van der Waals surface area contributed by atoms with Crippen LogP contribution in [0.5, 0.6) is 11.5 Å². The molecule has 1 N–H and O–H groups in total. The molecule has 0 bridgehead atoms. The first-order valence-corrected chi connectivity index (χ1v) is 8.23. The summed E-state index contributed by atoms with van der Waals surface area (Å²) in [6.45, 7) is 2.54. The molecule has 0 aliphatic carbocycles. The summed E-state index contributed by atoms with van der Waals surface area (Å²) in [5, 5.41) is 2.91. The maximum atomic E-state index is 12.5. The van der Waals surface area contributed by atoms with E-state index in [1.54, 1.807) is 4.90 Å². The van der Waals surface area contributed by atoms with Crippen molar-refractivity contribution in [1.29, 1.82) is 0 Å². The highest BCUT2D eigenvalue weighted by molar-refractivity contribution is 6.01. The molecule has 0 fully saturated rings. The van der Waals surface area contributed by atoms with Crippen molar-refractivity contribution < 1.29 is 9.53 Å². The highest BCUT2D eigenvalue weighted by atomic mass is 16.5. The van der Waals surface area contributed by atoms with Crippen LogP contribution in [-0.4, -0.2) is 12.6 Å². The smallest absolute Gasteiger partial charge is 0.326 e. The van der Waals surface area contributed by atoms with E-state index < -0.39 is 0 Å². The van der Waals surface area contributed by atoms with Gasteiger partial charge in [-0.15, -0.1) is 0 Å². The van der Waals surface area contributed by atoms with Crippen LogP contribution in [-0.2, 0) is 0 Å². The molecule has 2 amide bonds. The molecule has 3 rings (SSSR count). The predicted molar refractivity (Wildman–Crippen MR) is 101 cm³/mol. The molecule has 0 radical (unpaired) electrons. The molecule has 0 aromatic heterocycles. The summed E-state index contributed by atoms with van der Waals surface area (Å²) in [5.74, 6) is 1.50. The highest BCUT2D eigenvalue weighted by Crippen LogP contribution is 2.23. The summed E-state index contributed by atoms with van der Waals surface area (Å²) in [6.07, 6.45) is 0. The number of carbonyl (C=O) groups excluding carboxylic acids is 1. The molecule has 126 valence electrons. The van der Waals surface area contributed by atoms with Crippen LogP contribution in [0.3, 0.4) is 0 Å². The van der Waals surface area contributed by atoms with Crippen molar-refractivity contribution in [3.63, 3.8) is 0 Å². The molecule has 3 aromatic rings. The molecule has 3 aromatic carbocycles. The van der Waals surface area contributed by atoms with Gasteiger partial charge >= 0.3 is 6.03 Å². The Hall–Kier alpha value is -3.27. The van der Waals surface area contributed by atoms with Crippen molar-refractivity contribution in [2.75, 3.05) is 16.8 Å². The topological polar surface area (TPSA) is 41.6 Å². The summed E-state index contributed by atoms with van der Waals surface area (Å²) in [7, 11) is 0. The summed E-state index contributed by atoms with van der Waals surface area (Å²) in [5.41, 5.74) is 1.59. The molecule has 0 unspecified atom stereocenters. The molecule has 0 heterocycles. The van der Waals surface area contributed by atoms with Gasteiger partial charge in [0.05, 0.1) is 0 Å². The summed E-state index contributed by atoms with van der Waals surface area (Å²) < 4.78 is 5.75. The van der Waals surface area contributed by atoms with Crippen molar-refractivity contribution in [2.24, 2.45) is 0 Å². The van der Waals surface area contributed by atoms with Gasteiger partial charge in [0.1, 0.15) is 11.5 Å². The zero-order chi connectivity index (χ0) is 17.5. The minimum Gasteiger partial charge on any atom is -0.457 e. The zero-order valence-electron chi connectivity index (χ0n) is 14.1. The van der Waals surface area contributed by atoms with Crippen LogP contribution in [0.25, 0.3) is 0 Å². The van der Waals surface area contributed by atoms with E-state index in [2.05, 4.69) is 5.32 Å². The van der Waals surface area contributed by atoms with E-state index in [0.717, 1.165) is 22.9 Å². The van der Waals surface area contributed by atoms with Crippen LogP contribution >= 0.6 is 0 Å². The standard InChI is InChI=1S/C21H20N2O2/c1-2-23(18-9-5-3-6-10-18)21(24)22-17-13-15-20(16-14-17)25-19-11-7-4-8-12-19/h3-16H,2H2,1H3,(H,22,24). The minimum absolute atomic E-state index is 0.162. The first-order valence-electron chi connectivity index (χ1n) is 8.23. The summed E-state index contributed by atoms with van der Waals surface area (Å²) >= 11 is 0. The fourth-order valence-corrected chi connectivity index (χ4v) is 2.47. The normalized spacial score (nSPS) is 10.1. The number of amides is 2. The average molecular weight is 332 g/mol. The maximum Gasteiger partial charge on any atom is 0.326 e. The number of benzene rings is 3. The van der Waals surface area contributed by atoms with Gasteiger partial charge in [-0.25, -0.2) is 4.79 Å². The van der Waals surface area contributed by atoms with E-state index in [1.807, 2.05) is 91.9 Å². The second kappa shape index (κ2) is 8.02. The Kier molecular flexibility index (Phi) is 5.32. The second-order valence-electron chi connectivity index (χ2n) is 5.45. The van der Waals surface area contributed by atoms with E-state index in [9.17, 15) is 4.79 Å². The molecule has 0 saturated heterocycles. The van der Waals surface area contributed by atoms with E-state index >= 15 is 0 Å². The molecule has 25 heavy (non-hydrogen) atoms. The molecule has 0 atom stereocenters. The van der Waals surface area contributed by atoms with Gasteiger partial charge in [-0.1, -0.05) is 36.4 Å². The number of carbonyl (C=O) groups is 1. The monoisotopic (exact) mass is 332 g/mol. The van der Waals surface area contributed by atoms with Gasteiger partial charge in [0, 0.05) is 17.9 Å². The van der Waals surface area contributed by atoms with Gasteiger partial charge in [-0.2, -0.15) is 0 Å². The highest BCUT2D eigenvalue weighted by Gasteiger charge is 2.13. The number of ether oxygens (including phenoxy) is 1. The minimum atomic E-state index is -0.162. The molecule has 0 aliphatic rings. The van der Waals surface area contributed by atoms with Gasteiger partial charge in [0.2, 0.25) is 0 Å². The lowest BCUT2D eigenvalue weighted by Crippen LogP contribution is -2.34. The van der Waals surface area contributed by atoms with E-state index in [-0.39, 0.29) is 6.03 Å². The fourth-order valence-electron chi connectivity index (χ4n) is 2.47. The Bertz CT molecular complexity index is 802. The number of hydrogen-bond donors (Lipinski definition) is 1. The molecule has 4 heteroatoms. The van der Waals surface area contributed by atoms with Crippen LogP contribution < -0.4 is 15.0 Å². The van der Waals surface area contributed by atoms with Crippen LogP contribution in [0.4, 0.5) is 16.2 Å². The number of hydrogen-bond acceptors (Lipinski definition) is 2. The molecule has 0 spiro atoms. The predicted octanol–water partition coefficient (Wildman–Crippen LogP) is 5.54. The SMILES string of the molecule is CCN(C(=O)Nc1ccc(Oc2ccccc2)cc1)c1ccccc1. The molecule has 0 saturated carbocycles. The second-order valence-corrected chi connectivity index (χ2v) is 5.45. The van der Waals surface area contributed by atoms with Crippen LogP contribution in [0.15, 0.2) is 84.9 Å². The number of urea groups is 1. The Morgan fingerprint density at radius 3 is 2.00 bits per heavy atom. The molecular formula is C21H20N2O2. The number of para-hydroxylation sites is 2. The number of nitrogens with zero attached hydrogens (tertiary/aromatic N) is 1. The van der Waals surface area contributed by atoms with Crippen molar-refractivity contribution in [2.45, 2.75) is 6.92 Å². The van der Waals surface area contributed by atoms with E-state index in [1.165, 1.54) is 0 Å². The quantitative estimate of drug-likeness (QED) is 0.667. The molecular weight excluding hydrogens is 312 g/mol. The van der Waals surface area contributed by atoms with Gasteiger partial charge in [0.15, 0.2) is 0 Å². The van der Waals surface area contributed by atoms with Gasteiger partial charge < -0.3 is 10.1 Å². The van der Waals surface area contributed by atoms with E-state index in [4.69, 9.17) is 4.74 Å². The first-order chi connectivity index (χ1) is 12.3. The van der Waals surface area contributed by atoms with E-state index in [0.29, 0.717) is 6.54 Å². The van der Waals surface area contributed by atoms with Crippen molar-refractivity contribution in [1.82, 2.24) is 0 Å². The number of nitrogens with one attached hydrogen (secondary N) is 1. The largest absolute Gasteiger partial charge is 0.457 e. The van der Waals surface area contributed by atoms with Crippen molar-refractivity contribution in [3.8, 4) is 11.5 Å². The lowest BCUT2D eigenvalue weighted by molar-refractivity contribution is 0.257. The van der Waals surface area contributed by atoms with Gasteiger partial charge in [0.25, 0.3) is 0 Å². The fraction of sp³-hybridized carbons (Fsp3) is 0.0952. The molecule has 0 aliphatic heterocycles. The third-order valence-electron chi connectivity index (χ3n) is 3.71. The Balaban J connectivity index is 1.65. The maximum absolute atomic E-state index is 12.5. The Morgan fingerprint density at radius 2 is 1.40 bits per heavy atom.